The first-order valence-corrected chi connectivity index (χ1v) is 8.96. The highest BCUT2D eigenvalue weighted by Gasteiger charge is 2.07. The average Bonchev–Trinajstić information content (AvgIpc) is 3.15. The Hall–Kier alpha value is -2.87. The topological polar surface area (TPSA) is 84.7 Å². The van der Waals surface area contributed by atoms with Gasteiger partial charge < -0.3 is 10.6 Å². The van der Waals surface area contributed by atoms with E-state index < -0.39 is 0 Å². The summed E-state index contributed by atoms with van der Waals surface area (Å²) >= 11 is 1.58. The van der Waals surface area contributed by atoms with E-state index in [4.69, 9.17) is 0 Å². The second-order valence-electron chi connectivity index (χ2n) is 5.10. The number of carbonyl (C=O) groups is 1. The predicted molar refractivity (Wildman–Crippen MR) is 98.2 cm³/mol. The van der Waals surface area contributed by atoms with E-state index in [1.165, 1.54) is 0 Å². The maximum Gasteiger partial charge on any atom is 0.251 e. The van der Waals surface area contributed by atoms with Crippen LogP contribution in [0.3, 0.4) is 0 Å². The van der Waals surface area contributed by atoms with Crippen molar-refractivity contribution in [1.82, 2.24) is 24.8 Å². The van der Waals surface area contributed by atoms with Crippen molar-refractivity contribution in [1.29, 1.82) is 0 Å². The normalized spacial score (nSPS) is 10.4. The Balaban J connectivity index is 1.52. The van der Waals surface area contributed by atoms with Gasteiger partial charge in [0.15, 0.2) is 5.16 Å². The number of thioether (sulfide) groups is 1. The van der Waals surface area contributed by atoms with Crippen LogP contribution in [-0.4, -0.2) is 44.8 Å². The summed E-state index contributed by atoms with van der Waals surface area (Å²) in [7, 11) is 0. The number of carbonyl (C=O) groups excluding carboxylic acids is 1. The molecule has 0 aliphatic carbocycles. The number of aromatic nitrogens is 4. The van der Waals surface area contributed by atoms with Crippen LogP contribution in [0.5, 0.6) is 0 Å². The predicted octanol–water partition coefficient (Wildman–Crippen LogP) is 2.23. The van der Waals surface area contributed by atoms with Gasteiger partial charge in [0.2, 0.25) is 0 Å². The number of hydrogen-bond acceptors (Lipinski definition) is 6. The molecule has 0 saturated heterocycles. The molecule has 25 heavy (non-hydrogen) atoms. The summed E-state index contributed by atoms with van der Waals surface area (Å²) in [4.78, 5) is 24.5. The van der Waals surface area contributed by atoms with Crippen LogP contribution in [0.4, 0.5) is 5.82 Å². The van der Waals surface area contributed by atoms with E-state index in [0.29, 0.717) is 24.5 Å². The summed E-state index contributed by atoms with van der Waals surface area (Å²) < 4.78 is 1.98. The fourth-order valence-corrected chi connectivity index (χ4v) is 2.80. The van der Waals surface area contributed by atoms with Gasteiger partial charge in [-0.05, 0) is 30.5 Å². The smallest absolute Gasteiger partial charge is 0.251 e. The van der Waals surface area contributed by atoms with Crippen molar-refractivity contribution < 1.29 is 4.79 Å². The number of benzene rings is 1. The molecular weight excluding hydrogens is 336 g/mol. The molecule has 2 aromatic heterocycles. The molecule has 0 bridgehead atoms. The molecule has 0 aliphatic rings. The van der Waals surface area contributed by atoms with E-state index in [1.54, 1.807) is 36.5 Å². The highest BCUT2D eigenvalue weighted by atomic mass is 32.2. The van der Waals surface area contributed by atoms with Gasteiger partial charge in [0.05, 0.1) is 6.20 Å². The lowest BCUT2D eigenvalue weighted by atomic mass is 10.2. The van der Waals surface area contributed by atoms with Crippen molar-refractivity contribution in [2.24, 2.45) is 0 Å². The molecule has 0 fully saturated rings. The molecule has 1 aromatic carbocycles. The fraction of sp³-hybridized carbons (Fsp3) is 0.176. The first-order chi connectivity index (χ1) is 12.3. The summed E-state index contributed by atoms with van der Waals surface area (Å²) in [6.07, 6.45) is 10.5. The Kier molecular flexibility index (Phi) is 5.63. The van der Waals surface area contributed by atoms with Crippen molar-refractivity contribution in [3.8, 4) is 5.69 Å². The molecule has 128 valence electrons. The van der Waals surface area contributed by atoms with Crippen molar-refractivity contribution in [3.63, 3.8) is 0 Å². The largest absolute Gasteiger partial charge is 0.367 e. The quantitative estimate of drug-likeness (QED) is 0.500. The van der Waals surface area contributed by atoms with Crippen LogP contribution in [0.25, 0.3) is 5.69 Å². The van der Waals surface area contributed by atoms with Gasteiger partial charge in [-0.2, -0.15) is 0 Å². The van der Waals surface area contributed by atoms with Crippen LogP contribution in [0.15, 0.2) is 60.4 Å². The van der Waals surface area contributed by atoms with Crippen LogP contribution < -0.4 is 10.6 Å². The summed E-state index contributed by atoms with van der Waals surface area (Å²) in [6, 6.07) is 7.44. The number of hydrogen-bond donors (Lipinski definition) is 2. The van der Waals surface area contributed by atoms with Crippen molar-refractivity contribution in [2.75, 3.05) is 24.7 Å². The number of imidazole rings is 1. The zero-order valence-electron chi connectivity index (χ0n) is 13.7. The summed E-state index contributed by atoms with van der Waals surface area (Å²) in [5.41, 5.74) is 1.59. The SMILES string of the molecule is CSc1nccn1-c1ccc(C(=O)NCCNc2cnccn2)cc1. The molecule has 0 radical (unpaired) electrons. The van der Waals surface area contributed by atoms with Gasteiger partial charge in [-0.3, -0.25) is 14.3 Å². The minimum absolute atomic E-state index is 0.108. The molecule has 0 aliphatic heterocycles. The molecule has 0 unspecified atom stereocenters. The van der Waals surface area contributed by atoms with Gasteiger partial charge in [-0.25, -0.2) is 9.97 Å². The van der Waals surface area contributed by atoms with Gasteiger partial charge >= 0.3 is 0 Å². The monoisotopic (exact) mass is 354 g/mol. The molecule has 0 saturated carbocycles. The zero-order valence-corrected chi connectivity index (χ0v) is 14.5. The lowest BCUT2D eigenvalue weighted by Crippen LogP contribution is -2.28. The number of anilines is 1. The van der Waals surface area contributed by atoms with Crippen molar-refractivity contribution in [3.05, 3.63) is 60.8 Å². The lowest BCUT2D eigenvalue weighted by Gasteiger charge is -2.09. The van der Waals surface area contributed by atoms with E-state index in [9.17, 15) is 4.79 Å². The first-order valence-electron chi connectivity index (χ1n) is 7.74. The fourth-order valence-electron chi connectivity index (χ4n) is 2.27. The second kappa shape index (κ2) is 8.29. The van der Waals surface area contributed by atoms with Gasteiger partial charge in [-0.1, -0.05) is 11.8 Å². The minimum atomic E-state index is -0.108. The molecule has 7 nitrogen and oxygen atoms in total. The molecule has 0 spiro atoms. The van der Waals surface area contributed by atoms with Crippen molar-refractivity contribution >= 4 is 23.5 Å². The van der Waals surface area contributed by atoms with Crippen LogP contribution >= 0.6 is 11.8 Å². The van der Waals surface area contributed by atoms with E-state index in [0.717, 1.165) is 10.8 Å². The zero-order chi connectivity index (χ0) is 17.5. The molecule has 0 atom stereocenters. The van der Waals surface area contributed by atoms with Gasteiger partial charge in [0.1, 0.15) is 5.82 Å². The highest BCUT2D eigenvalue weighted by molar-refractivity contribution is 7.98. The van der Waals surface area contributed by atoms with Gasteiger partial charge in [0, 0.05) is 49.1 Å². The van der Waals surface area contributed by atoms with Gasteiger partial charge in [0.25, 0.3) is 5.91 Å². The Morgan fingerprint density at radius 3 is 2.68 bits per heavy atom. The lowest BCUT2D eigenvalue weighted by molar-refractivity contribution is 0.0955. The number of rotatable bonds is 7. The first kappa shape index (κ1) is 17.0. The molecule has 2 N–H and O–H groups in total. The third kappa shape index (κ3) is 4.36. The Morgan fingerprint density at radius 2 is 1.96 bits per heavy atom. The number of nitrogens with zero attached hydrogens (tertiary/aromatic N) is 4. The van der Waals surface area contributed by atoms with Crippen LogP contribution in [0.2, 0.25) is 0 Å². The molecule has 3 rings (SSSR count). The maximum absolute atomic E-state index is 12.2. The van der Waals surface area contributed by atoms with E-state index >= 15 is 0 Å². The number of amides is 1. The van der Waals surface area contributed by atoms with Crippen LogP contribution in [0.1, 0.15) is 10.4 Å². The number of nitrogens with one attached hydrogen (secondary N) is 2. The van der Waals surface area contributed by atoms with E-state index in [2.05, 4.69) is 25.6 Å². The highest BCUT2D eigenvalue weighted by Crippen LogP contribution is 2.18. The van der Waals surface area contributed by atoms with Crippen molar-refractivity contribution in [2.45, 2.75) is 5.16 Å². The molecule has 1 amide bonds. The summed E-state index contributed by atoms with van der Waals surface area (Å²) in [5, 5.41) is 6.87. The molecule has 3 aromatic rings. The van der Waals surface area contributed by atoms with E-state index in [1.807, 2.05) is 41.3 Å². The van der Waals surface area contributed by atoms with E-state index in [-0.39, 0.29) is 5.91 Å². The summed E-state index contributed by atoms with van der Waals surface area (Å²) in [5.74, 6) is 0.578. The standard InChI is InChI=1S/C17H18N6OS/c1-25-17-22-10-11-23(17)14-4-2-13(3-5-14)16(24)21-9-8-20-15-12-18-6-7-19-15/h2-7,10-12H,8-9H2,1H3,(H,19,20)(H,21,24). The minimum Gasteiger partial charge on any atom is -0.367 e. The molecule has 2 heterocycles. The summed E-state index contributed by atoms with van der Waals surface area (Å²) in [6.45, 7) is 1.07. The second-order valence-corrected chi connectivity index (χ2v) is 5.88. The Labute approximate surface area is 149 Å². The Bertz CT molecular complexity index is 819. The molecular formula is C17H18N6OS. The third-order valence-corrected chi connectivity index (χ3v) is 4.14. The van der Waals surface area contributed by atoms with Crippen LogP contribution in [-0.2, 0) is 0 Å². The average molecular weight is 354 g/mol. The Morgan fingerprint density at radius 1 is 1.12 bits per heavy atom. The van der Waals surface area contributed by atoms with Gasteiger partial charge in [-0.15, -0.1) is 0 Å². The third-order valence-electron chi connectivity index (χ3n) is 3.48. The van der Waals surface area contributed by atoms with Crippen LogP contribution in [0, 0.1) is 0 Å². The molecule has 8 heteroatoms. The maximum atomic E-state index is 12.2.